The third-order valence-corrected chi connectivity index (χ3v) is 5.75. The number of anilines is 1. The summed E-state index contributed by atoms with van der Waals surface area (Å²) in [5.74, 6) is -2.33. The van der Waals surface area contributed by atoms with Crippen molar-refractivity contribution < 1.29 is 22.0 Å². The third-order valence-electron chi connectivity index (χ3n) is 4.30. The topological polar surface area (TPSA) is 66.5 Å². The summed E-state index contributed by atoms with van der Waals surface area (Å²) in [6.07, 6.45) is 0.197. The van der Waals surface area contributed by atoms with Crippen LogP contribution in [0, 0.1) is 24.5 Å². The molecule has 2 aromatic carbocycles. The summed E-state index contributed by atoms with van der Waals surface area (Å²) in [6, 6.07) is 9.77. The zero-order valence-corrected chi connectivity index (χ0v) is 14.9. The van der Waals surface area contributed by atoms with Gasteiger partial charge in [0.15, 0.2) is 0 Å². The fourth-order valence-corrected chi connectivity index (χ4v) is 4.06. The number of aryl methyl sites for hydroxylation is 1. The van der Waals surface area contributed by atoms with E-state index in [4.69, 9.17) is 0 Å². The number of halogens is 2. The van der Waals surface area contributed by atoms with E-state index in [9.17, 15) is 22.0 Å². The first-order valence-electron chi connectivity index (χ1n) is 8.08. The van der Waals surface area contributed by atoms with Crippen LogP contribution >= 0.6 is 0 Å². The van der Waals surface area contributed by atoms with Crippen LogP contribution in [-0.2, 0) is 14.8 Å². The largest absolute Gasteiger partial charge is 0.312 e. The lowest BCUT2D eigenvalue weighted by Crippen LogP contribution is -2.31. The molecule has 0 aliphatic carbocycles. The lowest BCUT2D eigenvalue weighted by Gasteiger charge is -2.17. The van der Waals surface area contributed by atoms with Crippen molar-refractivity contribution in [3.8, 4) is 0 Å². The Balaban J connectivity index is 1.66. The van der Waals surface area contributed by atoms with Gasteiger partial charge in [-0.1, -0.05) is 17.7 Å². The lowest BCUT2D eigenvalue weighted by molar-refractivity contribution is -0.117. The van der Waals surface area contributed by atoms with Crippen LogP contribution in [0.4, 0.5) is 14.5 Å². The molecule has 1 amide bonds. The Hall–Kier alpha value is -2.32. The SMILES string of the molecule is Cc1ccc(N2CC(CNS(=O)(=O)c3ccc(F)cc3F)CC2=O)cc1. The molecule has 8 heteroatoms. The maximum Gasteiger partial charge on any atom is 0.243 e. The van der Waals surface area contributed by atoms with Crippen molar-refractivity contribution >= 4 is 21.6 Å². The molecular weight excluding hydrogens is 362 g/mol. The molecule has 138 valence electrons. The Morgan fingerprint density at radius 2 is 1.85 bits per heavy atom. The molecule has 3 rings (SSSR count). The fraction of sp³-hybridized carbons (Fsp3) is 0.278. The molecule has 1 N–H and O–H groups in total. The zero-order valence-electron chi connectivity index (χ0n) is 14.1. The summed E-state index contributed by atoms with van der Waals surface area (Å²) >= 11 is 0. The van der Waals surface area contributed by atoms with Crippen LogP contribution < -0.4 is 9.62 Å². The van der Waals surface area contributed by atoms with E-state index in [2.05, 4.69) is 4.72 Å². The molecule has 0 spiro atoms. The van der Waals surface area contributed by atoms with E-state index in [1.165, 1.54) is 0 Å². The first kappa shape index (κ1) is 18.5. The molecule has 0 radical (unpaired) electrons. The van der Waals surface area contributed by atoms with Crippen LogP contribution in [0.15, 0.2) is 47.4 Å². The average Bonchev–Trinajstić information content (AvgIpc) is 2.94. The van der Waals surface area contributed by atoms with Gasteiger partial charge in [-0.05, 0) is 37.1 Å². The van der Waals surface area contributed by atoms with Gasteiger partial charge in [-0.15, -0.1) is 0 Å². The second-order valence-electron chi connectivity index (χ2n) is 6.34. The van der Waals surface area contributed by atoms with Gasteiger partial charge in [-0.2, -0.15) is 0 Å². The number of rotatable bonds is 5. The fourth-order valence-electron chi connectivity index (χ4n) is 2.89. The van der Waals surface area contributed by atoms with E-state index >= 15 is 0 Å². The van der Waals surface area contributed by atoms with Gasteiger partial charge in [0.2, 0.25) is 15.9 Å². The highest BCUT2D eigenvalue weighted by Gasteiger charge is 2.31. The molecule has 1 heterocycles. The molecule has 1 saturated heterocycles. The van der Waals surface area contributed by atoms with Crippen LogP contribution in [0.2, 0.25) is 0 Å². The number of hydrogen-bond donors (Lipinski definition) is 1. The summed E-state index contributed by atoms with van der Waals surface area (Å²) in [4.78, 5) is 13.2. The van der Waals surface area contributed by atoms with E-state index < -0.39 is 26.6 Å². The summed E-state index contributed by atoms with van der Waals surface area (Å²) < 4.78 is 53.4. The minimum absolute atomic E-state index is 0.00670. The first-order chi connectivity index (χ1) is 12.3. The zero-order chi connectivity index (χ0) is 18.9. The molecule has 0 saturated carbocycles. The number of carbonyl (C=O) groups is 1. The quantitative estimate of drug-likeness (QED) is 0.867. The molecular formula is C18H18F2N2O3S. The minimum Gasteiger partial charge on any atom is -0.312 e. The summed E-state index contributed by atoms with van der Waals surface area (Å²) in [6.45, 7) is 2.31. The summed E-state index contributed by atoms with van der Waals surface area (Å²) in [5.41, 5.74) is 1.83. The Bertz CT molecular complexity index is 930. The van der Waals surface area contributed by atoms with Crippen molar-refractivity contribution in [3.63, 3.8) is 0 Å². The van der Waals surface area contributed by atoms with E-state index in [0.717, 1.165) is 23.4 Å². The second kappa shape index (κ2) is 7.13. The predicted octanol–water partition coefficient (Wildman–Crippen LogP) is 2.60. The average molecular weight is 380 g/mol. The number of sulfonamides is 1. The van der Waals surface area contributed by atoms with Crippen LogP contribution in [0.3, 0.4) is 0 Å². The Morgan fingerprint density at radius 1 is 1.15 bits per heavy atom. The Kier molecular flexibility index (Phi) is 5.06. The Labute approximate surface area is 150 Å². The number of benzene rings is 2. The van der Waals surface area contributed by atoms with Crippen molar-refractivity contribution in [2.24, 2.45) is 5.92 Å². The molecule has 26 heavy (non-hydrogen) atoms. The highest BCUT2D eigenvalue weighted by molar-refractivity contribution is 7.89. The van der Waals surface area contributed by atoms with Crippen LogP contribution in [0.5, 0.6) is 0 Å². The monoisotopic (exact) mass is 380 g/mol. The van der Waals surface area contributed by atoms with Gasteiger partial charge in [-0.3, -0.25) is 4.79 Å². The first-order valence-corrected chi connectivity index (χ1v) is 9.56. The van der Waals surface area contributed by atoms with E-state index in [1.807, 2.05) is 31.2 Å². The smallest absolute Gasteiger partial charge is 0.243 e. The molecule has 5 nitrogen and oxygen atoms in total. The van der Waals surface area contributed by atoms with Gasteiger partial charge in [0.25, 0.3) is 0 Å². The van der Waals surface area contributed by atoms with Gasteiger partial charge in [0.05, 0.1) is 0 Å². The molecule has 1 aliphatic rings. The predicted molar refractivity (Wildman–Crippen MR) is 93.2 cm³/mol. The minimum atomic E-state index is -4.12. The van der Waals surface area contributed by atoms with Gasteiger partial charge in [0, 0.05) is 31.3 Å². The standard InChI is InChI=1S/C18H18F2N2O3S/c1-12-2-5-15(6-3-12)22-11-13(8-18(22)23)10-21-26(24,25)17-7-4-14(19)9-16(17)20/h2-7,9,13,21H,8,10-11H2,1H3. The number of nitrogens with one attached hydrogen (secondary N) is 1. The van der Waals surface area contributed by atoms with E-state index in [1.54, 1.807) is 4.90 Å². The van der Waals surface area contributed by atoms with Crippen molar-refractivity contribution in [2.75, 3.05) is 18.0 Å². The summed E-state index contributed by atoms with van der Waals surface area (Å²) in [7, 11) is -4.12. The Morgan fingerprint density at radius 3 is 2.50 bits per heavy atom. The van der Waals surface area contributed by atoms with Crippen LogP contribution in [0.1, 0.15) is 12.0 Å². The molecule has 0 aromatic heterocycles. The third kappa shape index (κ3) is 3.91. The van der Waals surface area contributed by atoms with Crippen molar-refractivity contribution in [1.82, 2.24) is 4.72 Å². The summed E-state index contributed by atoms with van der Waals surface area (Å²) in [5, 5.41) is 0. The van der Waals surface area contributed by atoms with Gasteiger partial charge >= 0.3 is 0 Å². The number of nitrogens with zero attached hydrogens (tertiary/aromatic N) is 1. The van der Waals surface area contributed by atoms with Crippen molar-refractivity contribution in [1.29, 1.82) is 0 Å². The van der Waals surface area contributed by atoms with Crippen LogP contribution in [0.25, 0.3) is 0 Å². The van der Waals surface area contributed by atoms with Gasteiger partial charge < -0.3 is 4.90 Å². The second-order valence-corrected chi connectivity index (χ2v) is 8.07. The molecule has 0 bridgehead atoms. The molecule has 2 aromatic rings. The van der Waals surface area contributed by atoms with Crippen molar-refractivity contribution in [3.05, 3.63) is 59.7 Å². The lowest BCUT2D eigenvalue weighted by atomic mass is 10.1. The number of carbonyl (C=O) groups excluding carboxylic acids is 1. The molecule has 1 fully saturated rings. The molecule has 1 atom stereocenters. The van der Waals surface area contributed by atoms with E-state index in [0.29, 0.717) is 12.6 Å². The number of amides is 1. The molecule has 1 aliphatic heterocycles. The normalized spacial score (nSPS) is 17.7. The highest BCUT2D eigenvalue weighted by Crippen LogP contribution is 2.25. The molecule has 1 unspecified atom stereocenters. The maximum atomic E-state index is 13.7. The van der Waals surface area contributed by atoms with Gasteiger partial charge in [0.1, 0.15) is 16.5 Å². The number of hydrogen-bond acceptors (Lipinski definition) is 3. The van der Waals surface area contributed by atoms with E-state index in [-0.39, 0.29) is 24.8 Å². The highest BCUT2D eigenvalue weighted by atomic mass is 32.2. The van der Waals surface area contributed by atoms with Crippen molar-refractivity contribution in [2.45, 2.75) is 18.2 Å². The maximum absolute atomic E-state index is 13.7. The van der Waals surface area contributed by atoms with Crippen LogP contribution in [-0.4, -0.2) is 27.4 Å². The van der Waals surface area contributed by atoms with Gasteiger partial charge in [-0.25, -0.2) is 21.9 Å².